The summed E-state index contributed by atoms with van der Waals surface area (Å²) in [5.74, 6) is -0.713. The molecule has 1 aromatic heterocycles. The summed E-state index contributed by atoms with van der Waals surface area (Å²) in [6, 6.07) is 13.4. The molecule has 2 aromatic rings. The molecule has 0 bridgehead atoms. The first kappa shape index (κ1) is 16.0. The number of nitrogens with zero attached hydrogens (tertiary/aromatic N) is 1. The second-order valence-corrected chi connectivity index (χ2v) is 7.27. The lowest BCUT2D eigenvalue weighted by atomic mass is 10.1. The molecule has 1 aliphatic rings. The van der Waals surface area contributed by atoms with Crippen LogP contribution in [-0.2, 0) is 27.5 Å². The predicted octanol–water partition coefficient (Wildman–Crippen LogP) is 3.49. The Kier molecular flexibility index (Phi) is 4.98. The van der Waals surface area contributed by atoms with Gasteiger partial charge in [-0.15, -0.1) is 11.3 Å². The molecule has 0 N–H and O–H groups in total. The molecule has 1 amide bonds. The molecule has 23 heavy (non-hydrogen) atoms. The molecule has 6 heteroatoms. The van der Waals surface area contributed by atoms with Crippen molar-refractivity contribution in [3.8, 4) is 0 Å². The van der Waals surface area contributed by atoms with Gasteiger partial charge in [0.2, 0.25) is 5.91 Å². The lowest BCUT2D eigenvalue weighted by Crippen LogP contribution is -2.26. The summed E-state index contributed by atoms with van der Waals surface area (Å²) < 4.78 is 5.97. The molecule has 1 aliphatic heterocycles. The summed E-state index contributed by atoms with van der Waals surface area (Å²) in [5.41, 5.74) is 1.06. The van der Waals surface area contributed by atoms with E-state index < -0.39 is 0 Å². The molecule has 0 saturated carbocycles. The quantitative estimate of drug-likeness (QED) is 0.776. The highest BCUT2D eigenvalue weighted by Crippen LogP contribution is 2.24. The van der Waals surface area contributed by atoms with Crippen LogP contribution in [0.1, 0.15) is 16.9 Å². The number of hydrogen-bond acceptors (Lipinski definition) is 4. The molecule has 120 valence electrons. The Labute approximate surface area is 143 Å². The van der Waals surface area contributed by atoms with Crippen LogP contribution in [0.2, 0.25) is 4.34 Å². The highest BCUT2D eigenvalue weighted by molar-refractivity contribution is 7.16. The highest BCUT2D eigenvalue weighted by atomic mass is 35.5. The van der Waals surface area contributed by atoms with E-state index in [2.05, 4.69) is 0 Å². The maximum absolute atomic E-state index is 12.1. The van der Waals surface area contributed by atoms with E-state index in [0.717, 1.165) is 10.4 Å². The van der Waals surface area contributed by atoms with Crippen LogP contribution in [-0.4, -0.2) is 23.3 Å². The zero-order valence-electron chi connectivity index (χ0n) is 12.4. The number of hydrogen-bond donors (Lipinski definition) is 0. The van der Waals surface area contributed by atoms with E-state index in [0.29, 0.717) is 17.4 Å². The second kappa shape index (κ2) is 7.15. The van der Waals surface area contributed by atoms with Gasteiger partial charge in [0.15, 0.2) is 0 Å². The van der Waals surface area contributed by atoms with E-state index in [9.17, 15) is 9.59 Å². The molecule has 0 unspecified atom stereocenters. The Balaban J connectivity index is 1.53. The number of esters is 1. The maximum Gasteiger partial charge on any atom is 0.311 e. The SMILES string of the molecule is O=C(OCc1ccc(Cl)s1)[C@H]1CC(=O)N(Cc2ccccc2)C1. The predicted molar refractivity (Wildman–Crippen MR) is 89.1 cm³/mol. The summed E-state index contributed by atoms with van der Waals surface area (Å²) in [6.07, 6.45) is 0.219. The third-order valence-corrected chi connectivity index (χ3v) is 4.95. The standard InChI is InChI=1S/C17H16ClNO3S/c18-15-7-6-14(23-15)11-22-17(21)13-8-16(20)19(10-13)9-12-4-2-1-3-5-12/h1-7,13H,8-11H2/t13-/m0/s1. The molecule has 4 nitrogen and oxygen atoms in total. The Morgan fingerprint density at radius 1 is 1.26 bits per heavy atom. The van der Waals surface area contributed by atoms with Gasteiger partial charge < -0.3 is 9.64 Å². The Morgan fingerprint density at radius 3 is 2.74 bits per heavy atom. The largest absolute Gasteiger partial charge is 0.460 e. The molecule has 2 heterocycles. The molecule has 1 fully saturated rings. The summed E-state index contributed by atoms with van der Waals surface area (Å²) in [4.78, 5) is 26.8. The van der Waals surface area contributed by atoms with Crippen molar-refractivity contribution in [2.75, 3.05) is 6.54 Å². The number of amides is 1. The van der Waals surface area contributed by atoms with Gasteiger partial charge >= 0.3 is 5.97 Å². The third kappa shape index (κ3) is 4.12. The van der Waals surface area contributed by atoms with Crippen LogP contribution in [0.25, 0.3) is 0 Å². The number of carbonyl (C=O) groups excluding carboxylic acids is 2. The monoisotopic (exact) mass is 349 g/mol. The first-order valence-corrected chi connectivity index (χ1v) is 8.54. The average Bonchev–Trinajstić information content (AvgIpc) is 3.12. The van der Waals surface area contributed by atoms with Gasteiger partial charge in [0.1, 0.15) is 6.61 Å². The van der Waals surface area contributed by atoms with Gasteiger partial charge in [0.25, 0.3) is 0 Å². The first-order chi connectivity index (χ1) is 11.1. The van der Waals surface area contributed by atoms with Gasteiger partial charge in [-0.3, -0.25) is 9.59 Å². The van der Waals surface area contributed by atoms with Crippen LogP contribution >= 0.6 is 22.9 Å². The van der Waals surface area contributed by atoms with Crippen LogP contribution in [0.3, 0.4) is 0 Å². The fraction of sp³-hybridized carbons (Fsp3) is 0.294. The van der Waals surface area contributed by atoms with Crippen LogP contribution in [0.15, 0.2) is 42.5 Å². The Morgan fingerprint density at radius 2 is 2.04 bits per heavy atom. The van der Waals surface area contributed by atoms with Crippen LogP contribution < -0.4 is 0 Å². The van der Waals surface area contributed by atoms with Crippen molar-refractivity contribution in [2.45, 2.75) is 19.6 Å². The Hall–Kier alpha value is -1.85. The number of ether oxygens (including phenoxy) is 1. The van der Waals surface area contributed by atoms with Gasteiger partial charge in [-0.2, -0.15) is 0 Å². The van der Waals surface area contributed by atoms with Crippen molar-refractivity contribution < 1.29 is 14.3 Å². The van der Waals surface area contributed by atoms with Crippen LogP contribution in [0.5, 0.6) is 0 Å². The summed E-state index contributed by atoms with van der Waals surface area (Å²) in [7, 11) is 0. The van der Waals surface area contributed by atoms with Crippen LogP contribution in [0, 0.1) is 5.92 Å². The van der Waals surface area contributed by atoms with E-state index in [4.69, 9.17) is 16.3 Å². The number of halogens is 1. The van der Waals surface area contributed by atoms with Crippen molar-refractivity contribution in [1.29, 1.82) is 0 Å². The number of benzene rings is 1. The summed E-state index contributed by atoms with van der Waals surface area (Å²) in [6.45, 7) is 1.15. The molecule has 1 atom stereocenters. The van der Waals surface area contributed by atoms with Crippen molar-refractivity contribution in [3.05, 3.63) is 57.2 Å². The molecule has 0 radical (unpaired) electrons. The molecule has 0 spiro atoms. The number of rotatable bonds is 5. The maximum atomic E-state index is 12.1. The van der Waals surface area contributed by atoms with E-state index in [1.54, 1.807) is 11.0 Å². The molecule has 0 aliphatic carbocycles. The summed E-state index contributed by atoms with van der Waals surface area (Å²) >= 11 is 7.23. The lowest BCUT2D eigenvalue weighted by molar-refractivity contribution is -0.149. The summed E-state index contributed by atoms with van der Waals surface area (Å²) in [5, 5.41) is 0. The zero-order valence-corrected chi connectivity index (χ0v) is 14.0. The smallest absolute Gasteiger partial charge is 0.311 e. The molecular formula is C17H16ClNO3S. The third-order valence-electron chi connectivity index (χ3n) is 3.75. The highest BCUT2D eigenvalue weighted by Gasteiger charge is 2.35. The van der Waals surface area contributed by atoms with Crippen LogP contribution in [0.4, 0.5) is 0 Å². The number of likely N-dealkylation sites (tertiary alicyclic amines) is 1. The minimum Gasteiger partial charge on any atom is -0.460 e. The number of thiophene rings is 1. The van der Waals surface area contributed by atoms with Gasteiger partial charge in [-0.1, -0.05) is 41.9 Å². The fourth-order valence-electron chi connectivity index (χ4n) is 2.58. The van der Waals surface area contributed by atoms with E-state index in [1.807, 2.05) is 36.4 Å². The average molecular weight is 350 g/mol. The van der Waals surface area contributed by atoms with Crippen molar-refractivity contribution in [3.63, 3.8) is 0 Å². The first-order valence-electron chi connectivity index (χ1n) is 7.34. The van der Waals surface area contributed by atoms with Gasteiger partial charge in [-0.25, -0.2) is 0 Å². The van der Waals surface area contributed by atoms with E-state index in [-0.39, 0.29) is 30.8 Å². The van der Waals surface area contributed by atoms with Crippen molar-refractivity contribution in [2.24, 2.45) is 5.92 Å². The molecular weight excluding hydrogens is 334 g/mol. The van der Waals surface area contributed by atoms with E-state index in [1.165, 1.54) is 11.3 Å². The van der Waals surface area contributed by atoms with Gasteiger partial charge in [0, 0.05) is 24.4 Å². The van der Waals surface area contributed by atoms with E-state index >= 15 is 0 Å². The number of carbonyl (C=O) groups is 2. The topological polar surface area (TPSA) is 46.6 Å². The zero-order chi connectivity index (χ0) is 16.2. The van der Waals surface area contributed by atoms with Crippen molar-refractivity contribution in [1.82, 2.24) is 4.90 Å². The second-order valence-electron chi connectivity index (χ2n) is 5.47. The van der Waals surface area contributed by atoms with Gasteiger partial charge in [-0.05, 0) is 17.7 Å². The minimum absolute atomic E-state index is 0.00466. The normalized spacial score (nSPS) is 17.5. The molecule has 3 rings (SSSR count). The van der Waals surface area contributed by atoms with Crippen molar-refractivity contribution >= 4 is 34.8 Å². The Bertz CT molecular complexity index is 701. The molecule has 1 aromatic carbocycles. The van der Waals surface area contributed by atoms with Gasteiger partial charge in [0.05, 0.1) is 10.3 Å². The fourth-order valence-corrected chi connectivity index (χ4v) is 3.58. The molecule has 1 saturated heterocycles. The minimum atomic E-state index is -0.387. The lowest BCUT2D eigenvalue weighted by Gasteiger charge is -2.16.